The van der Waals surface area contributed by atoms with Crippen LogP contribution in [-0.4, -0.2) is 65.9 Å². The molecule has 1 fully saturated rings. The molecule has 1 aliphatic rings. The highest BCUT2D eigenvalue weighted by Gasteiger charge is 2.33. The molecular weight excluding hydrogens is 278 g/mol. The van der Waals surface area contributed by atoms with Crippen molar-refractivity contribution in [1.82, 2.24) is 4.90 Å². The van der Waals surface area contributed by atoms with Crippen molar-refractivity contribution in [2.24, 2.45) is 0 Å². The average Bonchev–Trinajstić information content (AvgIpc) is 2.59. The predicted octanol–water partition coefficient (Wildman–Crippen LogP) is -0.160. The van der Waals surface area contributed by atoms with E-state index < -0.39 is 15.8 Å². The summed E-state index contributed by atoms with van der Waals surface area (Å²) in [6.07, 6.45) is 0.478. The minimum Gasteiger partial charge on any atom is -0.481 e. The van der Waals surface area contributed by atoms with Crippen LogP contribution in [0, 0.1) is 0 Å². The second kappa shape index (κ2) is 6.42. The number of carbonyl (C=O) groups excluding carboxylic acids is 1. The van der Waals surface area contributed by atoms with Crippen LogP contribution in [0.5, 0.6) is 0 Å². The maximum Gasteiger partial charge on any atom is 0.313 e. The lowest BCUT2D eigenvalue weighted by atomic mass is 10.2. The van der Waals surface area contributed by atoms with E-state index in [1.807, 2.05) is 0 Å². The molecule has 1 N–H and O–H groups in total. The smallest absolute Gasteiger partial charge is 0.313 e. The summed E-state index contributed by atoms with van der Waals surface area (Å²) in [5.74, 6) is -1.03. The number of thioether (sulfide) groups is 1. The number of amides is 1. The van der Waals surface area contributed by atoms with Crippen LogP contribution >= 0.6 is 11.8 Å². The average molecular weight is 295 g/mol. The van der Waals surface area contributed by atoms with E-state index in [0.717, 1.165) is 11.8 Å². The van der Waals surface area contributed by atoms with Crippen LogP contribution in [-0.2, 0) is 19.4 Å². The summed E-state index contributed by atoms with van der Waals surface area (Å²) in [6.45, 7) is 2.25. The van der Waals surface area contributed by atoms with Gasteiger partial charge in [0.1, 0.15) is 0 Å². The number of aliphatic carboxylic acids is 1. The van der Waals surface area contributed by atoms with Crippen molar-refractivity contribution in [3.05, 3.63) is 0 Å². The van der Waals surface area contributed by atoms with Crippen molar-refractivity contribution >= 4 is 33.5 Å². The van der Waals surface area contributed by atoms with Crippen molar-refractivity contribution in [3.8, 4) is 0 Å². The summed E-state index contributed by atoms with van der Waals surface area (Å²) < 4.78 is 22.7. The van der Waals surface area contributed by atoms with Crippen molar-refractivity contribution in [2.45, 2.75) is 19.4 Å². The Morgan fingerprint density at radius 2 is 2.06 bits per heavy atom. The lowest BCUT2D eigenvalue weighted by Crippen LogP contribution is -2.42. The van der Waals surface area contributed by atoms with Gasteiger partial charge >= 0.3 is 5.97 Å². The number of hydrogen-bond acceptors (Lipinski definition) is 5. The number of rotatable bonds is 6. The number of nitrogens with zero attached hydrogens (tertiary/aromatic N) is 1. The summed E-state index contributed by atoms with van der Waals surface area (Å²) >= 11 is 1.03. The molecule has 1 amide bonds. The lowest BCUT2D eigenvalue weighted by molar-refractivity contribution is -0.133. The fourth-order valence-corrected chi connectivity index (χ4v) is 4.32. The van der Waals surface area contributed by atoms with Crippen LogP contribution in [0.2, 0.25) is 0 Å². The Morgan fingerprint density at radius 3 is 2.50 bits per heavy atom. The van der Waals surface area contributed by atoms with Crippen molar-refractivity contribution in [2.75, 3.05) is 29.6 Å². The molecule has 8 heteroatoms. The molecule has 6 nitrogen and oxygen atoms in total. The highest BCUT2D eigenvalue weighted by atomic mass is 32.2. The Labute approximate surface area is 111 Å². The molecule has 1 aliphatic heterocycles. The Kier molecular flexibility index (Phi) is 5.46. The minimum atomic E-state index is -3.01. The summed E-state index contributed by atoms with van der Waals surface area (Å²) in [7, 11) is -3.01. The Bertz CT molecular complexity index is 420. The van der Waals surface area contributed by atoms with Crippen LogP contribution in [0.4, 0.5) is 0 Å². The number of hydrogen-bond donors (Lipinski definition) is 1. The third-order valence-corrected chi connectivity index (χ3v) is 5.41. The van der Waals surface area contributed by atoms with Gasteiger partial charge in [-0.1, -0.05) is 0 Å². The summed E-state index contributed by atoms with van der Waals surface area (Å²) in [4.78, 5) is 23.7. The molecule has 1 saturated heterocycles. The molecule has 1 rings (SSSR count). The second-order valence-electron chi connectivity index (χ2n) is 4.12. The quantitative estimate of drug-likeness (QED) is 0.732. The number of carboxylic acid groups (broad SMARTS) is 1. The second-order valence-corrected chi connectivity index (χ2v) is 7.34. The number of sulfone groups is 1. The van der Waals surface area contributed by atoms with E-state index in [4.69, 9.17) is 5.11 Å². The fraction of sp³-hybridized carbons (Fsp3) is 0.800. The maximum absolute atomic E-state index is 11.9. The first kappa shape index (κ1) is 15.3. The van der Waals surface area contributed by atoms with E-state index in [1.165, 1.54) is 0 Å². The molecule has 18 heavy (non-hydrogen) atoms. The third-order valence-electron chi connectivity index (χ3n) is 2.76. The topological polar surface area (TPSA) is 91.8 Å². The minimum absolute atomic E-state index is 0.0240. The standard InChI is InChI=1S/C10H17NO5S2/c1-2-11(8-3-4-18(15,16)7-8)9(12)5-17-6-10(13)14/h8H,2-7H2,1H3,(H,13,14). The zero-order valence-electron chi connectivity index (χ0n) is 10.2. The molecule has 1 atom stereocenters. The van der Waals surface area contributed by atoms with Crippen molar-refractivity contribution in [1.29, 1.82) is 0 Å². The van der Waals surface area contributed by atoms with Gasteiger partial charge in [0.15, 0.2) is 9.84 Å². The van der Waals surface area contributed by atoms with Gasteiger partial charge in [-0.05, 0) is 13.3 Å². The molecule has 0 radical (unpaired) electrons. The Morgan fingerprint density at radius 1 is 1.39 bits per heavy atom. The number of carboxylic acids is 1. The SMILES string of the molecule is CCN(C(=O)CSCC(=O)O)C1CCS(=O)(=O)C1. The van der Waals surface area contributed by atoms with Gasteiger partial charge in [-0.2, -0.15) is 0 Å². The molecule has 0 aromatic heterocycles. The van der Waals surface area contributed by atoms with Crippen LogP contribution in [0.15, 0.2) is 0 Å². The molecule has 0 aromatic carbocycles. The molecule has 1 unspecified atom stereocenters. The molecule has 0 aliphatic carbocycles. The molecule has 1 heterocycles. The Balaban J connectivity index is 2.50. The zero-order chi connectivity index (χ0) is 13.8. The largest absolute Gasteiger partial charge is 0.481 e. The van der Waals surface area contributed by atoms with Crippen LogP contribution in [0.25, 0.3) is 0 Å². The first-order valence-corrected chi connectivity index (χ1v) is 8.62. The summed E-state index contributed by atoms with van der Waals surface area (Å²) in [6, 6.07) is -0.252. The molecule has 0 saturated carbocycles. The summed E-state index contributed by atoms with van der Waals surface area (Å²) in [5, 5.41) is 8.48. The van der Waals surface area contributed by atoms with Crippen LogP contribution in [0.1, 0.15) is 13.3 Å². The van der Waals surface area contributed by atoms with Gasteiger partial charge in [-0.25, -0.2) is 8.42 Å². The highest BCUT2D eigenvalue weighted by molar-refractivity contribution is 8.00. The fourth-order valence-electron chi connectivity index (χ4n) is 1.97. The zero-order valence-corrected chi connectivity index (χ0v) is 11.8. The van der Waals surface area contributed by atoms with E-state index in [-0.39, 0.29) is 35.0 Å². The van der Waals surface area contributed by atoms with Gasteiger partial charge in [0.2, 0.25) is 5.91 Å². The van der Waals surface area contributed by atoms with Gasteiger partial charge in [0.05, 0.1) is 23.0 Å². The van der Waals surface area contributed by atoms with E-state index >= 15 is 0 Å². The van der Waals surface area contributed by atoms with Crippen molar-refractivity contribution in [3.63, 3.8) is 0 Å². The van der Waals surface area contributed by atoms with Gasteiger partial charge in [-0.3, -0.25) is 9.59 Å². The first-order valence-electron chi connectivity index (χ1n) is 5.65. The molecule has 0 spiro atoms. The monoisotopic (exact) mass is 295 g/mol. The van der Waals surface area contributed by atoms with Gasteiger partial charge < -0.3 is 10.0 Å². The van der Waals surface area contributed by atoms with E-state index in [1.54, 1.807) is 11.8 Å². The lowest BCUT2D eigenvalue weighted by Gasteiger charge is -2.26. The molecule has 0 bridgehead atoms. The van der Waals surface area contributed by atoms with Crippen LogP contribution < -0.4 is 0 Å². The number of carbonyl (C=O) groups is 2. The van der Waals surface area contributed by atoms with E-state index in [0.29, 0.717) is 13.0 Å². The highest BCUT2D eigenvalue weighted by Crippen LogP contribution is 2.18. The molecule has 0 aromatic rings. The first-order chi connectivity index (χ1) is 8.35. The normalized spacial score (nSPS) is 21.7. The van der Waals surface area contributed by atoms with Gasteiger partial charge in [0, 0.05) is 12.6 Å². The van der Waals surface area contributed by atoms with Gasteiger partial charge in [0.25, 0.3) is 0 Å². The molecular formula is C10H17NO5S2. The van der Waals surface area contributed by atoms with Crippen LogP contribution in [0.3, 0.4) is 0 Å². The maximum atomic E-state index is 11.9. The summed E-state index contributed by atoms with van der Waals surface area (Å²) in [5.41, 5.74) is 0. The van der Waals surface area contributed by atoms with Gasteiger partial charge in [-0.15, -0.1) is 11.8 Å². The van der Waals surface area contributed by atoms with Crippen molar-refractivity contribution < 1.29 is 23.1 Å². The predicted molar refractivity (Wildman–Crippen MR) is 69.4 cm³/mol. The Hall–Kier alpha value is -0.760. The molecule has 104 valence electrons. The van der Waals surface area contributed by atoms with E-state index in [2.05, 4.69) is 0 Å². The van der Waals surface area contributed by atoms with E-state index in [9.17, 15) is 18.0 Å². The third kappa shape index (κ3) is 4.49.